The van der Waals surface area contributed by atoms with E-state index in [0.29, 0.717) is 13.2 Å². The molecule has 1 aliphatic heterocycles. The van der Waals surface area contributed by atoms with Gasteiger partial charge in [-0.15, -0.1) is 12.4 Å². The van der Waals surface area contributed by atoms with Gasteiger partial charge in [-0.3, -0.25) is 0 Å². The SMILES string of the molecule is Cl.OC(COc1ccccc1Br)CN1CCc2ccccc21. The van der Waals surface area contributed by atoms with Crippen molar-refractivity contribution in [3.8, 4) is 5.75 Å². The van der Waals surface area contributed by atoms with Crippen molar-refractivity contribution >= 4 is 34.0 Å². The van der Waals surface area contributed by atoms with E-state index in [2.05, 4.69) is 39.0 Å². The molecule has 0 saturated heterocycles. The van der Waals surface area contributed by atoms with Crippen LogP contribution in [-0.4, -0.2) is 30.9 Å². The monoisotopic (exact) mass is 383 g/mol. The molecule has 1 heterocycles. The van der Waals surface area contributed by atoms with Gasteiger partial charge < -0.3 is 14.7 Å². The molecule has 118 valence electrons. The number of aliphatic hydroxyl groups excluding tert-OH is 1. The average molecular weight is 385 g/mol. The van der Waals surface area contributed by atoms with Crippen LogP contribution in [-0.2, 0) is 6.42 Å². The minimum atomic E-state index is -0.511. The predicted octanol–water partition coefficient (Wildman–Crippen LogP) is 3.67. The highest BCUT2D eigenvalue weighted by Crippen LogP contribution is 2.28. The molecule has 0 aliphatic carbocycles. The number of para-hydroxylation sites is 2. The van der Waals surface area contributed by atoms with Crippen LogP contribution in [0.25, 0.3) is 0 Å². The van der Waals surface area contributed by atoms with E-state index >= 15 is 0 Å². The molecule has 3 nitrogen and oxygen atoms in total. The van der Waals surface area contributed by atoms with Gasteiger partial charge in [0.05, 0.1) is 4.47 Å². The van der Waals surface area contributed by atoms with Gasteiger partial charge in [-0.1, -0.05) is 30.3 Å². The number of hydrogen-bond donors (Lipinski definition) is 1. The molecular formula is C17H19BrClNO2. The summed E-state index contributed by atoms with van der Waals surface area (Å²) in [5.41, 5.74) is 2.59. The molecule has 0 radical (unpaired) electrons. The third kappa shape index (κ3) is 3.94. The zero-order valence-electron chi connectivity index (χ0n) is 12.1. The van der Waals surface area contributed by atoms with Crippen LogP contribution in [0.15, 0.2) is 53.0 Å². The predicted molar refractivity (Wildman–Crippen MR) is 95.3 cm³/mol. The Bertz CT molecular complexity index is 623. The van der Waals surface area contributed by atoms with Crippen molar-refractivity contribution < 1.29 is 9.84 Å². The molecule has 0 fully saturated rings. The number of nitrogens with zero attached hydrogens (tertiary/aromatic N) is 1. The molecule has 22 heavy (non-hydrogen) atoms. The minimum Gasteiger partial charge on any atom is -0.490 e. The summed E-state index contributed by atoms with van der Waals surface area (Å²) in [6.45, 7) is 1.86. The van der Waals surface area contributed by atoms with Crippen LogP contribution in [0.4, 0.5) is 5.69 Å². The fraction of sp³-hybridized carbons (Fsp3) is 0.294. The topological polar surface area (TPSA) is 32.7 Å². The Morgan fingerprint density at radius 3 is 2.68 bits per heavy atom. The van der Waals surface area contributed by atoms with Gasteiger partial charge in [-0.2, -0.15) is 0 Å². The molecule has 3 rings (SSSR count). The normalized spacial score (nSPS) is 14.2. The Labute approximate surface area is 145 Å². The number of benzene rings is 2. The van der Waals surface area contributed by atoms with Crippen molar-refractivity contribution in [1.82, 2.24) is 0 Å². The second-order valence-electron chi connectivity index (χ2n) is 5.22. The number of β-amino-alcohol motifs (C(OH)–C–C–N with tert-alkyl or cyclic N) is 1. The average Bonchev–Trinajstić information content (AvgIpc) is 2.90. The number of halogens is 2. The largest absolute Gasteiger partial charge is 0.490 e. The quantitative estimate of drug-likeness (QED) is 0.854. The number of aliphatic hydroxyl groups is 1. The summed E-state index contributed by atoms with van der Waals surface area (Å²) in [5.74, 6) is 0.762. The maximum Gasteiger partial charge on any atom is 0.133 e. The second kappa shape index (κ2) is 7.86. The molecule has 2 aromatic carbocycles. The number of hydrogen-bond acceptors (Lipinski definition) is 3. The standard InChI is InChI=1S/C17H18BrNO2.ClH/c18-15-6-2-4-8-17(15)21-12-14(20)11-19-10-9-13-5-1-3-7-16(13)19;/h1-8,14,20H,9-12H2;1H. The molecule has 0 spiro atoms. The van der Waals surface area contributed by atoms with Crippen LogP contribution in [0.2, 0.25) is 0 Å². The fourth-order valence-corrected chi connectivity index (χ4v) is 3.05. The van der Waals surface area contributed by atoms with Gasteiger partial charge in [0, 0.05) is 18.8 Å². The highest BCUT2D eigenvalue weighted by atomic mass is 79.9. The van der Waals surface area contributed by atoms with E-state index in [-0.39, 0.29) is 12.4 Å². The number of rotatable bonds is 5. The van der Waals surface area contributed by atoms with Gasteiger partial charge in [0.1, 0.15) is 18.5 Å². The molecule has 1 atom stereocenters. The van der Waals surface area contributed by atoms with E-state index < -0.39 is 6.10 Å². The summed E-state index contributed by atoms with van der Waals surface area (Å²) in [5, 5.41) is 10.2. The van der Waals surface area contributed by atoms with Gasteiger partial charge in [0.15, 0.2) is 0 Å². The molecule has 0 bridgehead atoms. The summed E-state index contributed by atoms with van der Waals surface area (Å²) < 4.78 is 6.58. The number of anilines is 1. The molecule has 1 unspecified atom stereocenters. The molecule has 1 N–H and O–H groups in total. The summed E-state index contributed by atoms with van der Waals surface area (Å²) in [4.78, 5) is 2.23. The maximum atomic E-state index is 10.2. The smallest absolute Gasteiger partial charge is 0.133 e. The summed E-state index contributed by atoms with van der Waals surface area (Å²) in [6, 6.07) is 16.1. The van der Waals surface area contributed by atoms with E-state index in [1.807, 2.05) is 30.3 Å². The van der Waals surface area contributed by atoms with Crippen LogP contribution >= 0.6 is 28.3 Å². The van der Waals surface area contributed by atoms with Gasteiger partial charge in [-0.25, -0.2) is 0 Å². The lowest BCUT2D eigenvalue weighted by Crippen LogP contribution is -2.34. The van der Waals surface area contributed by atoms with Gasteiger partial charge >= 0.3 is 0 Å². The van der Waals surface area contributed by atoms with Crippen molar-refractivity contribution in [2.45, 2.75) is 12.5 Å². The Kier molecular flexibility index (Phi) is 6.12. The lowest BCUT2D eigenvalue weighted by molar-refractivity contribution is 0.112. The first kappa shape index (κ1) is 17.1. The zero-order chi connectivity index (χ0) is 14.7. The first-order chi connectivity index (χ1) is 10.2. The summed E-state index contributed by atoms with van der Waals surface area (Å²) >= 11 is 3.44. The molecular weight excluding hydrogens is 366 g/mol. The zero-order valence-corrected chi connectivity index (χ0v) is 14.5. The van der Waals surface area contributed by atoms with E-state index in [1.54, 1.807) is 0 Å². The molecule has 1 aliphatic rings. The fourth-order valence-electron chi connectivity index (χ4n) is 2.65. The Morgan fingerprint density at radius 2 is 1.86 bits per heavy atom. The summed E-state index contributed by atoms with van der Waals surface area (Å²) in [6.07, 6.45) is 0.539. The van der Waals surface area contributed by atoms with E-state index in [1.165, 1.54) is 11.3 Å². The summed E-state index contributed by atoms with van der Waals surface area (Å²) in [7, 11) is 0. The molecule has 2 aromatic rings. The highest BCUT2D eigenvalue weighted by molar-refractivity contribution is 9.10. The third-order valence-electron chi connectivity index (χ3n) is 3.68. The highest BCUT2D eigenvalue weighted by Gasteiger charge is 2.21. The van der Waals surface area contributed by atoms with E-state index in [9.17, 15) is 5.11 Å². The minimum absolute atomic E-state index is 0. The first-order valence-electron chi connectivity index (χ1n) is 7.12. The van der Waals surface area contributed by atoms with Crippen LogP contribution < -0.4 is 9.64 Å². The lowest BCUT2D eigenvalue weighted by atomic mass is 10.2. The van der Waals surface area contributed by atoms with Crippen LogP contribution in [0.1, 0.15) is 5.56 Å². The van der Waals surface area contributed by atoms with Gasteiger partial charge in [-0.05, 0) is 46.1 Å². The number of ether oxygens (including phenoxy) is 1. The van der Waals surface area contributed by atoms with E-state index in [0.717, 1.165) is 23.2 Å². The Morgan fingerprint density at radius 1 is 1.14 bits per heavy atom. The number of fused-ring (bicyclic) bond motifs is 1. The van der Waals surface area contributed by atoms with Crippen molar-refractivity contribution in [3.05, 3.63) is 58.6 Å². The van der Waals surface area contributed by atoms with Crippen LogP contribution in [0, 0.1) is 0 Å². The van der Waals surface area contributed by atoms with Crippen molar-refractivity contribution in [1.29, 1.82) is 0 Å². The lowest BCUT2D eigenvalue weighted by Gasteiger charge is -2.23. The molecule has 5 heteroatoms. The molecule has 0 saturated carbocycles. The van der Waals surface area contributed by atoms with E-state index in [4.69, 9.17) is 4.74 Å². The molecule has 0 amide bonds. The maximum absolute atomic E-state index is 10.2. The van der Waals surface area contributed by atoms with Crippen molar-refractivity contribution in [2.24, 2.45) is 0 Å². The Hall–Kier alpha value is -1.23. The van der Waals surface area contributed by atoms with Gasteiger partial charge in [0.2, 0.25) is 0 Å². The second-order valence-corrected chi connectivity index (χ2v) is 6.07. The Balaban J connectivity index is 0.00000176. The van der Waals surface area contributed by atoms with Crippen LogP contribution in [0.3, 0.4) is 0 Å². The van der Waals surface area contributed by atoms with Crippen LogP contribution in [0.5, 0.6) is 5.75 Å². The van der Waals surface area contributed by atoms with Gasteiger partial charge in [0.25, 0.3) is 0 Å². The van der Waals surface area contributed by atoms with Crippen molar-refractivity contribution in [2.75, 3.05) is 24.6 Å². The third-order valence-corrected chi connectivity index (χ3v) is 4.34. The first-order valence-corrected chi connectivity index (χ1v) is 7.91. The van der Waals surface area contributed by atoms with Crippen molar-refractivity contribution in [3.63, 3.8) is 0 Å². The molecule has 0 aromatic heterocycles.